The van der Waals surface area contributed by atoms with Crippen LogP contribution in [0.2, 0.25) is 0 Å². The number of Topliss-reactive ketones (excluding diaryl/α,β-unsaturated/α-hetero) is 1. The minimum Gasteiger partial charge on any atom is -0.504 e. The summed E-state index contributed by atoms with van der Waals surface area (Å²) in [4.78, 5) is 26.4. The molecular formula is C18H17NO7. The number of phenols is 1. The lowest BCUT2D eigenvalue weighted by Gasteiger charge is -2.26. The van der Waals surface area contributed by atoms with Gasteiger partial charge in [0.1, 0.15) is 0 Å². The molecule has 1 aromatic heterocycles. The van der Waals surface area contributed by atoms with Gasteiger partial charge in [0.05, 0.1) is 31.6 Å². The van der Waals surface area contributed by atoms with E-state index < -0.39 is 23.5 Å². The van der Waals surface area contributed by atoms with Crippen molar-refractivity contribution in [1.82, 2.24) is 4.90 Å². The van der Waals surface area contributed by atoms with Gasteiger partial charge in [-0.15, -0.1) is 0 Å². The van der Waals surface area contributed by atoms with Crippen LogP contribution in [0.5, 0.6) is 11.5 Å². The number of carbonyl (C=O) groups excluding carboxylic acids is 2. The van der Waals surface area contributed by atoms with Crippen molar-refractivity contribution in [3.8, 4) is 11.5 Å². The van der Waals surface area contributed by atoms with Crippen LogP contribution >= 0.6 is 0 Å². The van der Waals surface area contributed by atoms with E-state index in [1.807, 2.05) is 0 Å². The number of ketones is 1. The van der Waals surface area contributed by atoms with Gasteiger partial charge in [0.15, 0.2) is 23.0 Å². The van der Waals surface area contributed by atoms with Gasteiger partial charge in [-0.1, -0.05) is 6.07 Å². The van der Waals surface area contributed by atoms with Gasteiger partial charge >= 0.3 is 0 Å². The summed E-state index contributed by atoms with van der Waals surface area (Å²) < 4.78 is 10.2. The van der Waals surface area contributed by atoms with Gasteiger partial charge in [-0.2, -0.15) is 0 Å². The monoisotopic (exact) mass is 359 g/mol. The Hall–Kier alpha value is -3.26. The number of rotatable bonds is 6. The number of ether oxygens (including phenoxy) is 1. The summed E-state index contributed by atoms with van der Waals surface area (Å²) in [7, 11) is 1.37. The largest absolute Gasteiger partial charge is 0.504 e. The molecule has 3 N–H and O–H groups in total. The van der Waals surface area contributed by atoms with E-state index in [0.717, 1.165) is 0 Å². The number of methoxy groups -OCH3 is 1. The number of aromatic hydroxyl groups is 1. The highest BCUT2D eigenvalue weighted by Crippen LogP contribution is 2.41. The minimum atomic E-state index is -0.957. The zero-order valence-corrected chi connectivity index (χ0v) is 13.9. The van der Waals surface area contributed by atoms with E-state index in [2.05, 4.69) is 0 Å². The van der Waals surface area contributed by atoms with E-state index >= 15 is 0 Å². The van der Waals surface area contributed by atoms with Crippen LogP contribution in [0.1, 0.15) is 22.2 Å². The maximum Gasteiger partial charge on any atom is 0.290 e. The van der Waals surface area contributed by atoms with E-state index in [-0.39, 0.29) is 36.0 Å². The predicted octanol–water partition coefficient (Wildman–Crippen LogP) is 1.56. The van der Waals surface area contributed by atoms with E-state index in [1.54, 1.807) is 0 Å². The molecule has 2 aromatic rings. The molecule has 1 atom stereocenters. The highest BCUT2D eigenvalue weighted by atomic mass is 16.5. The second-order valence-electron chi connectivity index (χ2n) is 5.62. The van der Waals surface area contributed by atoms with Gasteiger partial charge in [0.25, 0.3) is 5.91 Å². The second kappa shape index (κ2) is 6.93. The van der Waals surface area contributed by atoms with Gasteiger partial charge in [0.2, 0.25) is 5.78 Å². The Balaban J connectivity index is 2.13. The number of hydrogen-bond donors (Lipinski definition) is 3. The fraction of sp³-hybridized carbons (Fsp3) is 0.222. The molecule has 8 heteroatoms. The molecule has 1 aromatic carbocycles. The number of nitrogens with zero attached hydrogens (tertiary/aromatic N) is 1. The molecule has 0 aliphatic carbocycles. The summed E-state index contributed by atoms with van der Waals surface area (Å²) in [6.07, 6.45) is 1.31. The highest BCUT2D eigenvalue weighted by molar-refractivity contribution is 6.15. The molecule has 2 heterocycles. The SMILES string of the molecule is COc1cc([C@H]2C(C(=O)c3ccco3)=C(O)C(=O)N2CCO)ccc1O. The summed E-state index contributed by atoms with van der Waals surface area (Å²) in [5.41, 5.74) is 0.270. The van der Waals surface area contributed by atoms with Crippen molar-refractivity contribution in [2.75, 3.05) is 20.3 Å². The Morgan fingerprint density at radius 3 is 2.69 bits per heavy atom. The zero-order chi connectivity index (χ0) is 18.8. The Bertz CT molecular complexity index is 870. The first-order valence-electron chi connectivity index (χ1n) is 7.79. The van der Waals surface area contributed by atoms with Crippen molar-refractivity contribution in [1.29, 1.82) is 0 Å². The highest BCUT2D eigenvalue weighted by Gasteiger charge is 2.44. The normalized spacial score (nSPS) is 17.1. The van der Waals surface area contributed by atoms with Crippen molar-refractivity contribution in [2.24, 2.45) is 0 Å². The number of benzene rings is 1. The Morgan fingerprint density at radius 2 is 2.08 bits per heavy atom. The standard InChI is InChI=1S/C18H17NO7/c1-25-13-9-10(4-5-11(13)21)15-14(16(22)12-3-2-8-26-12)17(23)18(24)19(15)6-7-20/h2-5,8-9,15,20-21,23H,6-7H2,1H3/t15-/m0/s1. The lowest BCUT2D eigenvalue weighted by Crippen LogP contribution is -2.33. The topological polar surface area (TPSA) is 120 Å². The van der Waals surface area contributed by atoms with Gasteiger partial charge in [-0.05, 0) is 29.8 Å². The van der Waals surface area contributed by atoms with Crippen molar-refractivity contribution in [3.05, 3.63) is 59.3 Å². The molecule has 0 radical (unpaired) electrons. The maximum absolute atomic E-state index is 12.8. The number of β-amino-alcohol motifs (C(OH)–C–C–N with tert-alkyl or cyclic N) is 1. The van der Waals surface area contributed by atoms with Crippen molar-refractivity contribution in [3.63, 3.8) is 0 Å². The molecule has 136 valence electrons. The van der Waals surface area contributed by atoms with Crippen LogP contribution in [-0.2, 0) is 4.79 Å². The van der Waals surface area contributed by atoms with E-state index in [9.17, 15) is 24.9 Å². The quantitative estimate of drug-likeness (QED) is 0.669. The third-order valence-corrected chi connectivity index (χ3v) is 4.15. The first-order chi connectivity index (χ1) is 12.5. The van der Waals surface area contributed by atoms with E-state index in [1.165, 1.54) is 48.6 Å². The lowest BCUT2D eigenvalue weighted by molar-refractivity contribution is -0.129. The minimum absolute atomic E-state index is 0.0269. The molecule has 0 unspecified atom stereocenters. The smallest absolute Gasteiger partial charge is 0.290 e. The fourth-order valence-electron chi connectivity index (χ4n) is 2.98. The number of hydrogen-bond acceptors (Lipinski definition) is 7. The van der Waals surface area contributed by atoms with Gasteiger partial charge in [0, 0.05) is 6.54 Å². The molecular weight excluding hydrogens is 342 g/mol. The third-order valence-electron chi connectivity index (χ3n) is 4.15. The van der Waals surface area contributed by atoms with Crippen molar-refractivity contribution < 1.29 is 34.1 Å². The first kappa shape index (κ1) is 17.6. The molecule has 0 saturated heterocycles. The van der Waals surface area contributed by atoms with Crippen molar-refractivity contribution in [2.45, 2.75) is 6.04 Å². The summed E-state index contributed by atoms with van der Waals surface area (Å²) in [5.74, 6) is -2.10. The number of aliphatic hydroxyl groups excluding tert-OH is 2. The van der Waals surface area contributed by atoms with Crippen LogP contribution in [0.25, 0.3) is 0 Å². The lowest BCUT2D eigenvalue weighted by atomic mass is 9.94. The molecule has 8 nitrogen and oxygen atoms in total. The summed E-state index contributed by atoms with van der Waals surface area (Å²) >= 11 is 0. The second-order valence-corrected chi connectivity index (χ2v) is 5.62. The van der Waals surface area contributed by atoms with E-state index in [0.29, 0.717) is 5.56 Å². The van der Waals surface area contributed by atoms with Crippen LogP contribution in [0.15, 0.2) is 52.3 Å². The molecule has 0 saturated carbocycles. The molecule has 1 aliphatic heterocycles. The van der Waals surface area contributed by atoms with Crippen LogP contribution in [-0.4, -0.2) is 52.2 Å². The molecule has 0 spiro atoms. The summed E-state index contributed by atoms with van der Waals surface area (Å²) in [5, 5.41) is 29.4. The van der Waals surface area contributed by atoms with Crippen LogP contribution in [0.3, 0.4) is 0 Å². The number of aliphatic hydroxyl groups is 2. The molecule has 3 rings (SSSR count). The van der Waals surface area contributed by atoms with Crippen LogP contribution in [0.4, 0.5) is 0 Å². The average molecular weight is 359 g/mol. The molecule has 26 heavy (non-hydrogen) atoms. The zero-order valence-electron chi connectivity index (χ0n) is 13.9. The molecule has 1 amide bonds. The first-order valence-corrected chi connectivity index (χ1v) is 7.79. The van der Waals surface area contributed by atoms with Crippen molar-refractivity contribution >= 4 is 11.7 Å². The number of amides is 1. The van der Waals surface area contributed by atoms with Gasteiger partial charge < -0.3 is 29.4 Å². The summed E-state index contributed by atoms with van der Waals surface area (Å²) in [6, 6.07) is 6.32. The van der Waals surface area contributed by atoms with E-state index in [4.69, 9.17) is 9.15 Å². The predicted molar refractivity (Wildman–Crippen MR) is 88.9 cm³/mol. The molecule has 1 aliphatic rings. The Morgan fingerprint density at radius 1 is 1.31 bits per heavy atom. The average Bonchev–Trinajstić information content (AvgIpc) is 3.25. The van der Waals surface area contributed by atoms with Crippen LogP contribution < -0.4 is 4.74 Å². The Kier molecular flexibility index (Phi) is 4.68. The van der Waals surface area contributed by atoms with Gasteiger partial charge in [-0.25, -0.2) is 0 Å². The molecule has 0 fully saturated rings. The molecule has 0 bridgehead atoms. The fourth-order valence-corrected chi connectivity index (χ4v) is 2.98. The summed E-state index contributed by atoms with van der Waals surface area (Å²) in [6.45, 7) is -0.446. The maximum atomic E-state index is 12.8. The number of furan rings is 1. The number of carbonyl (C=O) groups is 2. The third kappa shape index (κ3) is 2.80. The van der Waals surface area contributed by atoms with Gasteiger partial charge in [-0.3, -0.25) is 9.59 Å². The number of phenolic OH excluding ortho intramolecular Hbond substituents is 1. The van der Waals surface area contributed by atoms with Crippen LogP contribution in [0, 0.1) is 0 Å². The Labute approximate surface area is 148 Å².